The van der Waals surface area contributed by atoms with Crippen molar-refractivity contribution in [3.8, 4) is 22.5 Å². The highest BCUT2D eigenvalue weighted by atomic mass is 35.5. The maximum Gasteiger partial charge on any atom is 0.155 e. The third kappa shape index (κ3) is 2.73. The van der Waals surface area contributed by atoms with Gasteiger partial charge in [-0.1, -0.05) is 29.8 Å². The van der Waals surface area contributed by atoms with Crippen molar-refractivity contribution < 1.29 is 0 Å². The van der Waals surface area contributed by atoms with Crippen molar-refractivity contribution in [1.29, 1.82) is 0 Å². The van der Waals surface area contributed by atoms with E-state index in [1.807, 2.05) is 31.2 Å². The summed E-state index contributed by atoms with van der Waals surface area (Å²) in [4.78, 5) is 13.3. The molecule has 4 heterocycles. The van der Waals surface area contributed by atoms with Crippen LogP contribution in [0.25, 0.3) is 39.1 Å². The fraction of sp³-hybridized carbons (Fsp3) is 0.0476. The van der Waals surface area contributed by atoms with Gasteiger partial charge in [0.2, 0.25) is 0 Å². The number of halogens is 1. The van der Waals surface area contributed by atoms with Gasteiger partial charge in [0.15, 0.2) is 5.65 Å². The first-order valence-corrected chi connectivity index (χ1v) is 8.89. The van der Waals surface area contributed by atoms with Crippen LogP contribution in [0.3, 0.4) is 0 Å². The molecule has 0 spiro atoms. The largest absolute Gasteiger partial charge is 0.265 e. The Morgan fingerprint density at radius 1 is 0.926 bits per heavy atom. The fourth-order valence-corrected chi connectivity index (χ4v) is 3.27. The van der Waals surface area contributed by atoms with E-state index in [1.165, 1.54) is 0 Å². The SMILES string of the molecule is Cc1nn2c(-c3ccc4ccc(-c5ccncc5)cc4n3)cnc2cc1Cl. The second kappa shape index (κ2) is 6.14. The standard InChI is InChI=1S/C21H14ClN5/c1-13-17(22)11-21-24-12-20(27(21)26-13)18-5-4-15-2-3-16(10-19(15)25-18)14-6-8-23-9-7-14/h2-12H,1H3. The minimum absolute atomic E-state index is 0.605. The molecule has 130 valence electrons. The van der Waals surface area contributed by atoms with Crippen molar-refractivity contribution in [2.75, 3.05) is 0 Å². The third-order valence-electron chi connectivity index (χ3n) is 4.58. The number of fused-ring (bicyclic) bond motifs is 2. The number of rotatable bonds is 2. The minimum atomic E-state index is 0.605. The molecule has 0 saturated heterocycles. The van der Waals surface area contributed by atoms with Crippen LogP contribution in [0.2, 0.25) is 5.02 Å². The molecule has 0 unspecified atom stereocenters. The zero-order chi connectivity index (χ0) is 18.4. The Kier molecular flexibility index (Phi) is 3.62. The van der Waals surface area contributed by atoms with Crippen LogP contribution in [-0.4, -0.2) is 24.6 Å². The molecular weight excluding hydrogens is 358 g/mol. The van der Waals surface area contributed by atoms with Gasteiger partial charge in [0.05, 0.1) is 28.1 Å². The maximum atomic E-state index is 6.16. The van der Waals surface area contributed by atoms with E-state index in [0.717, 1.165) is 39.1 Å². The number of hydrogen-bond acceptors (Lipinski definition) is 4. The van der Waals surface area contributed by atoms with Crippen LogP contribution >= 0.6 is 11.6 Å². The monoisotopic (exact) mass is 371 g/mol. The molecule has 0 aliphatic rings. The van der Waals surface area contributed by atoms with Crippen LogP contribution in [0.5, 0.6) is 0 Å². The Bertz CT molecular complexity index is 1290. The zero-order valence-corrected chi connectivity index (χ0v) is 15.2. The molecule has 0 fully saturated rings. The average Bonchev–Trinajstić information content (AvgIpc) is 3.10. The van der Waals surface area contributed by atoms with E-state index in [1.54, 1.807) is 23.1 Å². The number of aromatic nitrogens is 5. The van der Waals surface area contributed by atoms with Crippen molar-refractivity contribution in [2.24, 2.45) is 0 Å². The summed E-state index contributed by atoms with van der Waals surface area (Å²) in [6.07, 6.45) is 5.36. The van der Waals surface area contributed by atoms with Crippen LogP contribution in [0.15, 0.2) is 67.1 Å². The molecule has 0 radical (unpaired) electrons. The molecule has 0 aliphatic carbocycles. The topological polar surface area (TPSA) is 56.0 Å². The molecule has 0 aliphatic heterocycles. The molecule has 1 aromatic carbocycles. The summed E-state index contributed by atoms with van der Waals surface area (Å²) in [5, 5.41) is 6.22. The lowest BCUT2D eigenvalue weighted by molar-refractivity contribution is 0.904. The maximum absolute atomic E-state index is 6.16. The summed E-state index contributed by atoms with van der Waals surface area (Å²) in [6, 6.07) is 16.1. The third-order valence-corrected chi connectivity index (χ3v) is 4.97. The highest BCUT2D eigenvalue weighted by Crippen LogP contribution is 2.27. The first kappa shape index (κ1) is 15.9. The van der Waals surface area contributed by atoms with Crippen LogP contribution in [0.1, 0.15) is 5.69 Å². The molecule has 0 amide bonds. The molecule has 6 heteroatoms. The second-order valence-electron chi connectivity index (χ2n) is 6.33. The fourth-order valence-electron chi connectivity index (χ4n) is 3.14. The normalized spacial score (nSPS) is 11.3. The molecule has 0 saturated carbocycles. The smallest absolute Gasteiger partial charge is 0.155 e. The van der Waals surface area contributed by atoms with E-state index in [9.17, 15) is 0 Å². The highest BCUT2D eigenvalue weighted by molar-refractivity contribution is 6.31. The molecule has 0 atom stereocenters. The molecule has 5 nitrogen and oxygen atoms in total. The van der Waals surface area contributed by atoms with Gasteiger partial charge in [-0.05, 0) is 42.3 Å². The highest BCUT2D eigenvalue weighted by Gasteiger charge is 2.11. The molecule has 27 heavy (non-hydrogen) atoms. The lowest BCUT2D eigenvalue weighted by atomic mass is 10.0. The zero-order valence-electron chi connectivity index (χ0n) is 14.5. The van der Waals surface area contributed by atoms with Crippen LogP contribution in [-0.2, 0) is 0 Å². The van der Waals surface area contributed by atoms with Gasteiger partial charge in [-0.3, -0.25) is 4.98 Å². The molecule has 4 aromatic heterocycles. The Morgan fingerprint density at radius 3 is 2.59 bits per heavy atom. The number of pyridine rings is 2. The Morgan fingerprint density at radius 2 is 1.74 bits per heavy atom. The van der Waals surface area contributed by atoms with Crippen molar-refractivity contribution >= 4 is 28.2 Å². The Labute approximate surface area is 160 Å². The summed E-state index contributed by atoms with van der Waals surface area (Å²) in [7, 11) is 0. The molecule has 0 bridgehead atoms. The molecule has 5 aromatic rings. The van der Waals surface area contributed by atoms with Crippen molar-refractivity contribution in [3.05, 3.63) is 77.8 Å². The lowest BCUT2D eigenvalue weighted by Crippen LogP contribution is -1.98. The van der Waals surface area contributed by atoms with Crippen molar-refractivity contribution in [2.45, 2.75) is 6.92 Å². The van der Waals surface area contributed by atoms with Crippen LogP contribution < -0.4 is 0 Å². The van der Waals surface area contributed by atoms with E-state index >= 15 is 0 Å². The Hall–Kier alpha value is -3.31. The van der Waals surface area contributed by atoms with Gasteiger partial charge in [-0.15, -0.1) is 0 Å². The molecular formula is C21H14ClN5. The number of hydrogen-bond donors (Lipinski definition) is 0. The van der Waals surface area contributed by atoms with Gasteiger partial charge in [-0.2, -0.15) is 5.10 Å². The van der Waals surface area contributed by atoms with Crippen LogP contribution in [0.4, 0.5) is 0 Å². The second-order valence-corrected chi connectivity index (χ2v) is 6.74. The van der Waals surface area contributed by atoms with Gasteiger partial charge in [0.1, 0.15) is 5.69 Å². The van der Waals surface area contributed by atoms with Crippen molar-refractivity contribution in [1.82, 2.24) is 24.6 Å². The summed E-state index contributed by atoms with van der Waals surface area (Å²) in [5.74, 6) is 0. The number of aryl methyl sites for hydroxylation is 1. The lowest BCUT2D eigenvalue weighted by Gasteiger charge is -2.06. The summed E-state index contributed by atoms with van der Waals surface area (Å²) in [6.45, 7) is 1.88. The van der Waals surface area contributed by atoms with Gasteiger partial charge in [0, 0.05) is 23.8 Å². The van der Waals surface area contributed by atoms with E-state index < -0.39 is 0 Å². The number of nitrogens with zero attached hydrogens (tertiary/aromatic N) is 5. The minimum Gasteiger partial charge on any atom is -0.265 e. The summed E-state index contributed by atoms with van der Waals surface area (Å²) in [5.41, 5.74) is 6.24. The predicted octanol–water partition coefficient (Wildman–Crippen LogP) is 4.97. The Balaban J connectivity index is 1.67. The summed E-state index contributed by atoms with van der Waals surface area (Å²) >= 11 is 6.16. The van der Waals surface area contributed by atoms with Gasteiger partial charge in [0.25, 0.3) is 0 Å². The average molecular weight is 372 g/mol. The first-order valence-electron chi connectivity index (χ1n) is 8.51. The van der Waals surface area contributed by atoms with Gasteiger partial charge in [-0.25, -0.2) is 14.5 Å². The molecule has 5 rings (SSSR count). The molecule has 0 N–H and O–H groups in total. The quantitative estimate of drug-likeness (QED) is 0.439. The number of benzene rings is 1. The van der Waals surface area contributed by atoms with Crippen LogP contribution in [0, 0.1) is 6.92 Å². The van der Waals surface area contributed by atoms with E-state index in [4.69, 9.17) is 16.6 Å². The van der Waals surface area contributed by atoms with E-state index in [2.05, 4.69) is 39.3 Å². The van der Waals surface area contributed by atoms with Gasteiger partial charge >= 0.3 is 0 Å². The summed E-state index contributed by atoms with van der Waals surface area (Å²) < 4.78 is 1.78. The van der Waals surface area contributed by atoms with Crippen molar-refractivity contribution in [3.63, 3.8) is 0 Å². The van der Waals surface area contributed by atoms with Gasteiger partial charge < -0.3 is 0 Å². The predicted molar refractivity (Wildman–Crippen MR) is 107 cm³/mol. The first-order chi connectivity index (χ1) is 13.2. The van der Waals surface area contributed by atoms with E-state index in [-0.39, 0.29) is 0 Å². The number of imidazole rings is 1. The van der Waals surface area contributed by atoms with E-state index in [0.29, 0.717) is 10.7 Å².